The van der Waals surface area contributed by atoms with Crippen LogP contribution in [-0.4, -0.2) is 52.9 Å². The number of nitro benzene ring substituents is 1. The fourth-order valence-electron chi connectivity index (χ4n) is 3.46. The zero-order valence-electron chi connectivity index (χ0n) is 17.9. The van der Waals surface area contributed by atoms with Gasteiger partial charge in [-0.1, -0.05) is 26.0 Å². The van der Waals surface area contributed by atoms with Crippen molar-refractivity contribution in [2.75, 3.05) is 36.4 Å². The molecule has 1 heterocycles. The molecule has 0 unspecified atom stereocenters. The molecule has 32 heavy (non-hydrogen) atoms. The van der Waals surface area contributed by atoms with E-state index in [4.69, 9.17) is 12.2 Å². The molecule has 0 aromatic heterocycles. The molecule has 0 atom stereocenters. The van der Waals surface area contributed by atoms with Crippen molar-refractivity contribution in [3.63, 3.8) is 0 Å². The van der Waals surface area contributed by atoms with Gasteiger partial charge in [0.1, 0.15) is 5.56 Å². The van der Waals surface area contributed by atoms with E-state index in [1.54, 1.807) is 6.07 Å². The first-order valence-electron chi connectivity index (χ1n) is 10.3. The van der Waals surface area contributed by atoms with Gasteiger partial charge < -0.3 is 15.1 Å². The van der Waals surface area contributed by atoms with Gasteiger partial charge >= 0.3 is 0 Å². The molecule has 0 aliphatic carbocycles. The highest BCUT2D eigenvalue weighted by Gasteiger charge is 2.23. The van der Waals surface area contributed by atoms with Gasteiger partial charge in [-0.05, 0) is 42.5 Å². The van der Waals surface area contributed by atoms with E-state index in [0.29, 0.717) is 18.8 Å². The van der Waals surface area contributed by atoms with E-state index in [0.717, 1.165) is 18.8 Å². The van der Waals surface area contributed by atoms with E-state index in [1.165, 1.54) is 18.2 Å². The monoisotopic (exact) mass is 455 g/mol. The lowest BCUT2D eigenvalue weighted by Crippen LogP contribution is -2.49. The van der Waals surface area contributed by atoms with Crippen molar-refractivity contribution in [3.8, 4) is 0 Å². The van der Waals surface area contributed by atoms with Crippen molar-refractivity contribution in [1.82, 2.24) is 10.2 Å². The quantitative estimate of drug-likeness (QED) is 0.405. The Kier molecular flexibility index (Phi) is 7.37. The number of rotatable bonds is 5. The molecule has 168 valence electrons. The highest BCUT2D eigenvalue weighted by molar-refractivity contribution is 7.80. The average Bonchev–Trinajstić information content (AvgIpc) is 2.79. The summed E-state index contributed by atoms with van der Waals surface area (Å²) < 4.78 is 0. The van der Waals surface area contributed by atoms with Crippen molar-refractivity contribution in [2.24, 2.45) is 5.92 Å². The van der Waals surface area contributed by atoms with Crippen molar-refractivity contribution >= 4 is 46.2 Å². The minimum Gasteiger partial charge on any atom is -0.368 e. The SMILES string of the molecule is CC(C)C(=O)N1CCN(c2ccc(NC(=S)NC(=O)c3ccccc3[N+](=O)[O-])cc2)CC1. The number of nitrogens with zero attached hydrogens (tertiary/aromatic N) is 3. The molecule has 1 saturated heterocycles. The zero-order chi connectivity index (χ0) is 23.3. The number of benzene rings is 2. The molecule has 2 aromatic rings. The number of hydrogen-bond acceptors (Lipinski definition) is 6. The van der Waals surface area contributed by atoms with Gasteiger partial charge in [0.2, 0.25) is 5.91 Å². The van der Waals surface area contributed by atoms with E-state index in [2.05, 4.69) is 15.5 Å². The molecule has 1 aliphatic heterocycles. The number of amides is 2. The Hall–Kier alpha value is -3.53. The van der Waals surface area contributed by atoms with Crippen LogP contribution in [0.5, 0.6) is 0 Å². The van der Waals surface area contributed by atoms with E-state index in [-0.39, 0.29) is 28.2 Å². The molecule has 3 rings (SSSR count). The largest absolute Gasteiger partial charge is 0.368 e. The summed E-state index contributed by atoms with van der Waals surface area (Å²) in [5.74, 6) is -0.468. The fraction of sp³-hybridized carbons (Fsp3) is 0.318. The van der Waals surface area contributed by atoms with Gasteiger partial charge in [0.05, 0.1) is 4.92 Å². The second-order valence-corrected chi connectivity index (χ2v) is 8.10. The molecule has 10 heteroatoms. The maximum atomic E-state index is 12.4. The zero-order valence-corrected chi connectivity index (χ0v) is 18.7. The van der Waals surface area contributed by atoms with Gasteiger partial charge in [-0.15, -0.1) is 0 Å². The number of thiocarbonyl (C=S) groups is 1. The van der Waals surface area contributed by atoms with Gasteiger partial charge in [0, 0.05) is 49.5 Å². The molecule has 2 amide bonds. The molecule has 9 nitrogen and oxygen atoms in total. The van der Waals surface area contributed by atoms with Crippen LogP contribution in [0.3, 0.4) is 0 Å². The maximum Gasteiger partial charge on any atom is 0.282 e. The molecule has 1 fully saturated rings. The number of piperazine rings is 1. The highest BCUT2D eigenvalue weighted by Crippen LogP contribution is 2.21. The van der Waals surface area contributed by atoms with E-state index < -0.39 is 10.8 Å². The van der Waals surface area contributed by atoms with Crippen molar-refractivity contribution in [1.29, 1.82) is 0 Å². The second-order valence-electron chi connectivity index (χ2n) is 7.70. The van der Waals surface area contributed by atoms with Crippen molar-refractivity contribution < 1.29 is 14.5 Å². The normalized spacial score (nSPS) is 13.6. The summed E-state index contributed by atoms with van der Waals surface area (Å²) in [5, 5.41) is 16.5. The van der Waals surface area contributed by atoms with Crippen LogP contribution in [-0.2, 0) is 4.79 Å². The number of hydrogen-bond donors (Lipinski definition) is 2. The Balaban J connectivity index is 1.55. The van der Waals surface area contributed by atoms with Gasteiger partial charge in [-0.2, -0.15) is 0 Å². The maximum absolute atomic E-state index is 12.4. The van der Waals surface area contributed by atoms with Gasteiger partial charge in [0.15, 0.2) is 5.11 Å². The van der Waals surface area contributed by atoms with Crippen LogP contribution in [0.2, 0.25) is 0 Å². The number of nitrogens with one attached hydrogen (secondary N) is 2. The van der Waals surface area contributed by atoms with Crippen LogP contribution in [0.4, 0.5) is 17.1 Å². The molecular formula is C22H25N5O4S. The minimum absolute atomic E-state index is 0.00395. The first-order valence-corrected chi connectivity index (χ1v) is 10.7. The standard InChI is InChI=1S/C22H25N5O4S/c1-15(2)21(29)26-13-11-25(12-14-26)17-9-7-16(8-10-17)23-22(32)24-20(28)18-5-3-4-6-19(18)27(30)31/h3-10,15H,11-14H2,1-2H3,(H2,23,24,28,32). The summed E-state index contributed by atoms with van der Waals surface area (Å²) in [5.41, 5.74) is 1.36. The molecule has 2 aromatic carbocycles. The number of anilines is 2. The lowest BCUT2D eigenvalue weighted by atomic mass is 10.1. The third-order valence-corrected chi connectivity index (χ3v) is 5.35. The molecule has 1 aliphatic rings. The molecule has 0 radical (unpaired) electrons. The first kappa shape index (κ1) is 23.1. The summed E-state index contributed by atoms with van der Waals surface area (Å²) in [6, 6.07) is 13.2. The van der Waals surface area contributed by atoms with Crippen LogP contribution in [0.1, 0.15) is 24.2 Å². The van der Waals surface area contributed by atoms with E-state index in [1.807, 2.05) is 43.0 Å². The number of carbonyl (C=O) groups is 2. The van der Waals surface area contributed by atoms with E-state index in [9.17, 15) is 19.7 Å². The lowest BCUT2D eigenvalue weighted by Gasteiger charge is -2.37. The second kappa shape index (κ2) is 10.2. The van der Waals surface area contributed by atoms with Gasteiger partial charge in [-0.25, -0.2) is 0 Å². The predicted molar refractivity (Wildman–Crippen MR) is 127 cm³/mol. The third-order valence-electron chi connectivity index (χ3n) is 5.15. The molecule has 0 bridgehead atoms. The molecule has 0 spiro atoms. The Morgan fingerprint density at radius 2 is 1.66 bits per heavy atom. The van der Waals surface area contributed by atoms with Crippen LogP contribution in [0, 0.1) is 16.0 Å². The molecular weight excluding hydrogens is 430 g/mol. The highest BCUT2D eigenvalue weighted by atomic mass is 32.1. The Morgan fingerprint density at radius 3 is 2.25 bits per heavy atom. The topological polar surface area (TPSA) is 108 Å². The van der Waals surface area contributed by atoms with E-state index >= 15 is 0 Å². The van der Waals surface area contributed by atoms with Crippen LogP contribution < -0.4 is 15.5 Å². The number of para-hydroxylation sites is 1. The number of nitro groups is 1. The average molecular weight is 456 g/mol. The molecule has 2 N–H and O–H groups in total. The predicted octanol–water partition coefficient (Wildman–Crippen LogP) is 3.03. The van der Waals surface area contributed by atoms with Crippen LogP contribution in [0.25, 0.3) is 0 Å². The van der Waals surface area contributed by atoms with Gasteiger partial charge in [0.25, 0.3) is 11.6 Å². The van der Waals surface area contributed by atoms with Crippen LogP contribution in [0.15, 0.2) is 48.5 Å². The Labute approximate surface area is 191 Å². The minimum atomic E-state index is -0.653. The summed E-state index contributed by atoms with van der Waals surface area (Å²) in [6.07, 6.45) is 0. The van der Waals surface area contributed by atoms with Crippen molar-refractivity contribution in [2.45, 2.75) is 13.8 Å². The summed E-state index contributed by atoms with van der Waals surface area (Å²) in [6.45, 7) is 6.73. The third kappa shape index (κ3) is 5.58. The summed E-state index contributed by atoms with van der Waals surface area (Å²) in [7, 11) is 0. The first-order chi connectivity index (χ1) is 15.3. The summed E-state index contributed by atoms with van der Waals surface area (Å²) >= 11 is 5.18. The smallest absolute Gasteiger partial charge is 0.282 e. The Morgan fingerprint density at radius 1 is 1.03 bits per heavy atom. The fourth-order valence-corrected chi connectivity index (χ4v) is 3.67. The molecule has 0 saturated carbocycles. The number of carbonyl (C=O) groups excluding carboxylic acids is 2. The summed E-state index contributed by atoms with van der Waals surface area (Å²) in [4.78, 5) is 39.1. The van der Waals surface area contributed by atoms with Gasteiger partial charge in [-0.3, -0.25) is 25.0 Å². The Bertz CT molecular complexity index is 1020. The van der Waals surface area contributed by atoms with Crippen LogP contribution >= 0.6 is 12.2 Å². The lowest BCUT2D eigenvalue weighted by molar-refractivity contribution is -0.385. The van der Waals surface area contributed by atoms with Crippen molar-refractivity contribution in [3.05, 3.63) is 64.2 Å².